The summed E-state index contributed by atoms with van der Waals surface area (Å²) in [7, 11) is -2.54. The quantitative estimate of drug-likeness (QED) is 0.400. The van der Waals surface area contributed by atoms with Crippen molar-refractivity contribution in [1.82, 2.24) is 9.78 Å². The molecule has 1 amide bonds. The van der Waals surface area contributed by atoms with Gasteiger partial charge in [0.15, 0.2) is 5.96 Å². The molecular formula is C15H16ClN5O3S. The van der Waals surface area contributed by atoms with Crippen LogP contribution in [0.4, 0.5) is 0 Å². The summed E-state index contributed by atoms with van der Waals surface area (Å²) >= 11 is 6.31. The van der Waals surface area contributed by atoms with E-state index in [0.29, 0.717) is 27.5 Å². The molecule has 1 aromatic carbocycles. The average Bonchev–Trinajstić information content (AvgIpc) is 3.25. The number of aliphatic imine (C=N–C) groups is 1. The number of guanidine groups is 1. The van der Waals surface area contributed by atoms with E-state index in [9.17, 15) is 13.2 Å². The standard InChI is InChI=1S/C15H16ClN5O3S/c16-11-5-8(7-25(23)24)1-4-12(11)21-13(9-2-3-9)10(6-19-21)14(22)20-15(17)18/h1,4-6,9,25H,2-3,7H2,(H4,17,18,20,22). The molecule has 4 N–H and O–H groups in total. The first-order valence-electron chi connectivity index (χ1n) is 7.49. The van der Waals surface area contributed by atoms with Crippen LogP contribution in [0.3, 0.4) is 0 Å². The molecule has 8 nitrogen and oxygen atoms in total. The number of thiol groups is 1. The number of amides is 1. The molecular weight excluding hydrogens is 366 g/mol. The molecule has 0 unspecified atom stereocenters. The van der Waals surface area contributed by atoms with Gasteiger partial charge in [-0.2, -0.15) is 10.1 Å². The first-order chi connectivity index (χ1) is 11.9. The Morgan fingerprint density at radius 3 is 2.64 bits per heavy atom. The van der Waals surface area contributed by atoms with Crippen molar-refractivity contribution in [3.05, 3.63) is 46.2 Å². The third-order valence-corrected chi connectivity index (χ3v) is 4.71. The highest BCUT2D eigenvalue weighted by Gasteiger charge is 2.33. The summed E-state index contributed by atoms with van der Waals surface area (Å²) in [5.41, 5.74) is 12.8. The summed E-state index contributed by atoms with van der Waals surface area (Å²) in [6.07, 6.45) is 3.28. The van der Waals surface area contributed by atoms with Crippen molar-refractivity contribution in [2.45, 2.75) is 24.5 Å². The van der Waals surface area contributed by atoms with Crippen LogP contribution < -0.4 is 11.5 Å². The van der Waals surface area contributed by atoms with Crippen LogP contribution in [0.1, 0.15) is 40.4 Å². The van der Waals surface area contributed by atoms with Crippen LogP contribution in [0.25, 0.3) is 5.69 Å². The maximum atomic E-state index is 12.2. The molecule has 1 aromatic heterocycles. The molecule has 1 aliphatic carbocycles. The predicted molar refractivity (Wildman–Crippen MR) is 94.7 cm³/mol. The highest BCUT2D eigenvalue weighted by atomic mass is 35.5. The van der Waals surface area contributed by atoms with Gasteiger partial charge in [0.05, 0.1) is 33.9 Å². The van der Waals surface area contributed by atoms with Gasteiger partial charge in [0, 0.05) is 5.92 Å². The third-order valence-electron chi connectivity index (χ3n) is 3.78. The van der Waals surface area contributed by atoms with Crippen LogP contribution in [-0.2, 0) is 16.5 Å². The highest BCUT2D eigenvalue weighted by molar-refractivity contribution is 7.71. The summed E-state index contributed by atoms with van der Waals surface area (Å²) in [5, 5.41) is 4.62. The van der Waals surface area contributed by atoms with E-state index >= 15 is 0 Å². The van der Waals surface area contributed by atoms with Crippen molar-refractivity contribution in [1.29, 1.82) is 0 Å². The lowest BCUT2D eigenvalue weighted by atomic mass is 10.1. The number of benzene rings is 1. The monoisotopic (exact) mass is 381 g/mol. The molecule has 0 spiro atoms. The fraction of sp³-hybridized carbons (Fsp3) is 0.267. The Morgan fingerprint density at radius 1 is 1.36 bits per heavy atom. The molecule has 1 aliphatic rings. The van der Waals surface area contributed by atoms with Gasteiger partial charge in [-0.3, -0.25) is 4.79 Å². The first-order valence-corrected chi connectivity index (χ1v) is 9.23. The maximum Gasteiger partial charge on any atom is 0.283 e. The largest absolute Gasteiger partial charge is 0.370 e. The minimum Gasteiger partial charge on any atom is -0.370 e. The smallest absolute Gasteiger partial charge is 0.283 e. The lowest BCUT2D eigenvalue weighted by Crippen LogP contribution is -2.24. The van der Waals surface area contributed by atoms with E-state index in [1.165, 1.54) is 6.20 Å². The van der Waals surface area contributed by atoms with Crippen LogP contribution >= 0.6 is 11.6 Å². The van der Waals surface area contributed by atoms with Crippen molar-refractivity contribution in [2.75, 3.05) is 0 Å². The van der Waals surface area contributed by atoms with Crippen molar-refractivity contribution in [2.24, 2.45) is 16.5 Å². The molecule has 1 saturated carbocycles. The lowest BCUT2D eigenvalue weighted by Gasteiger charge is -2.10. The molecule has 0 radical (unpaired) electrons. The Kier molecular flexibility index (Phi) is 4.78. The average molecular weight is 382 g/mol. The minimum atomic E-state index is -2.54. The normalized spacial score (nSPS) is 13.8. The van der Waals surface area contributed by atoms with Crippen LogP contribution in [0.2, 0.25) is 5.02 Å². The van der Waals surface area contributed by atoms with Gasteiger partial charge >= 0.3 is 0 Å². The zero-order chi connectivity index (χ0) is 18.1. The van der Waals surface area contributed by atoms with E-state index in [0.717, 1.165) is 12.8 Å². The summed E-state index contributed by atoms with van der Waals surface area (Å²) in [6.45, 7) is 0. The Balaban J connectivity index is 2.05. The SMILES string of the molecule is NC(N)=NC(=O)c1cnn(-c2ccc(C[SH](=O)=O)cc2Cl)c1C1CC1. The lowest BCUT2D eigenvalue weighted by molar-refractivity contribution is 0.100. The zero-order valence-electron chi connectivity index (χ0n) is 13.1. The Hall–Kier alpha value is -2.39. The Morgan fingerprint density at radius 2 is 2.08 bits per heavy atom. The van der Waals surface area contributed by atoms with Crippen molar-refractivity contribution >= 4 is 34.2 Å². The van der Waals surface area contributed by atoms with Crippen LogP contribution in [0.15, 0.2) is 29.4 Å². The molecule has 0 aliphatic heterocycles. The number of rotatable bonds is 5. The van der Waals surface area contributed by atoms with Gasteiger partial charge in [0.1, 0.15) is 10.7 Å². The number of halogens is 1. The maximum absolute atomic E-state index is 12.2. The number of aromatic nitrogens is 2. The van der Waals surface area contributed by atoms with E-state index in [-0.39, 0.29) is 17.6 Å². The molecule has 2 aromatic rings. The molecule has 0 bridgehead atoms. The Bertz CT molecular complexity index is 935. The summed E-state index contributed by atoms with van der Waals surface area (Å²) in [6, 6.07) is 4.93. The number of hydrogen-bond donors (Lipinski definition) is 3. The molecule has 3 rings (SSSR count). The van der Waals surface area contributed by atoms with Crippen molar-refractivity contribution < 1.29 is 13.2 Å². The van der Waals surface area contributed by atoms with Gasteiger partial charge in [0.2, 0.25) is 0 Å². The fourth-order valence-corrected chi connectivity index (χ4v) is 3.39. The van der Waals surface area contributed by atoms with Gasteiger partial charge in [-0.1, -0.05) is 17.7 Å². The second kappa shape index (κ2) is 6.85. The topological polar surface area (TPSA) is 133 Å². The minimum absolute atomic E-state index is 0.0852. The molecule has 0 saturated heterocycles. The zero-order valence-corrected chi connectivity index (χ0v) is 14.7. The number of nitrogens with zero attached hydrogens (tertiary/aromatic N) is 3. The Labute approximate surface area is 150 Å². The van der Waals surface area contributed by atoms with E-state index in [4.69, 9.17) is 23.1 Å². The van der Waals surface area contributed by atoms with Crippen LogP contribution in [0, 0.1) is 0 Å². The molecule has 132 valence electrons. The summed E-state index contributed by atoms with van der Waals surface area (Å²) in [5.74, 6) is -0.765. The molecule has 0 atom stereocenters. The molecule has 10 heteroatoms. The highest BCUT2D eigenvalue weighted by Crippen LogP contribution is 2.43. The first kappa shape index (κ1) is 17.4. The van der Waals surface area contributed by atoms with E-state index in [2.05, 4.69) is 10.1 Å². The number of nitrogens with two attached hydrogens (primary N) is 2. The fourth-order valence-electron chi connectivity index (χ4n) is 2.61. The molecule has 1 heterocycles. The number of carbonyl (C=O) groups excluding carboxylic acids is 1. The van der Waals surface area contributed by atoms with Crippen molar-refractivity contribution in [3.63, 3.8) is 0 Å². The third kappa shape index (κ3) is 3.83. The second-order valence-electron chi connectivity index (χ2n) is 5.75. The number of hydrogen-bond acceptors (Lipinski definition) is 4. The van der Waals surface area contributed by atoms with E-state index < -0.39 is 16.6 Å². The van der Waals surface area contributed by atoms with Gasteiger partial charge < -0.3 is 11.5 Å². The van der Waals surface area contributed by atoms with Crippen LogP contribution in [-0.4, -0.2) is 30.1 Å². The van der Waals surface area contributed by atoms with E-state index in [1.54, 1.807) is 22.9 Å². The van der Waals surface area contributed by atoms with E-state index in [1.807, 2.05) is 0 Å². The van der Waals surface area contributed by atoms with Gasteiger partial charge in [0.25, 0.3) is 5.91 Å². The predicted octanol–water partition coefficient (Wildman–Crippen LogP) is 0.928. The second-order valence-corrected chi connectivity index (χ2v) is 7.14. The van der Waals surface area contributed by atoms with Gasteiger partial charge in [-0.05, 0) is 30.5 Å². The van der Waals surface area contributed by atoms with Gasteiger partial charge in [-0.15, -0.1) is 0 Å². The summed E-state index contributed by atoms with van der Waals surface area (Å²) < 4.78 is 23.3. The van der Waals surface area contributed by atoms with Crippen molar-refractivity contribution in [3.8, 4) is 5.69 Å². The van der Waals surface area contributed by atoms with Crippen LogP contribution in [0.5, 0.6) is 0 Å². The van der Waals surface area contributed by atoms with Gasteiger partial charge in [-0.25, -0.2) is 13.1 Å². The molecule has 1 fully saturated rings. The number of carbonyl (C=O) groups is 1. The molecule has 25 heavy (non-hydrogen) atoms. The summed E-state index contributed by atoms with van der Waals surface area (Å²) in [4.78, 5) is 15.8.